The number of imide groups is 1. The van der Waals surface area contributed by atoms with E-state index in [0.717, 1.165) is 27.2 Å². The van der Waals surface area contributed by atoms with Gasteiger partial charge >= 0.3 is 12.2 Å². The van der Waals surface area contributed by atoms with Crippen molar-refractivity contribution in [3.63, 3.8) is 0 Å². The molecule has 2 unspecified atom stereocenters. The van der Waals surface area contributed by atoms with Gasteiger partial charge in [0.05, 0.1) is 18.3 Å². The van der Waals surface area contributed by atoms with Crippen molar-refractivity contribution in [3.8, 4) is 22.2 Å². The minimum atomic E-state index is -1.24. The molecule has 2 aliphatic rings. The number of carbonyl (C=O) groups excluding carboxylic acids is 1. The summed E-state index contributed by atoms with van der Waals surface area (Å²) in [5, 5.41) is 13.9. The molecule has 2 amide bonds. The number of methoxy groups -OCH3 is 1. The summed E-state index contributed by atoms with van der Waals surface area (Å²) >= 11 is 1.56. The lowest BCUT2D eigenvalue weighted by Gasteiger charge is -2.31. The first kappa shape index (κ1) is 26.4. The number of quaternary nitrogens is 1. The van der Waals surface area contributed by atoms with Crippen LogP contribution >= 0.6 is 11.3 Å². The zero-order valence-electron chi connectivity index (χ0n) is 22.6. The topological polar surface area (TPSA) is 108 Å². The highest BCUT2D eigenvalue weighted by Gasteiger charge is 2.60. The highest BCUT2D eigenvalue weighted by molar-refractivity contribution is 7.13. The van der Waals surface area contributed by atoms with Gasteiger partial charge in [0, 0.05) is 34.7 Å². The van der Waals surface area contributed by atoms with Crippen LogP contribution in [0.15, 0.2) is 23.6 Å². The number of hydrogen-bond acceptors (Lipinski definition) is 8. The van der Waals surface area contributed by atoms with Crippen molar-refractivity contribution in [3.05, 3.63) is 34.8 Å². The predicted molar refractivity (Wildman–Crippen MR) is 144 cm³/mol. The number of thiazole rings is 1. The SMILES string of the molecule is COc1ccc2c(O[C@@H]3CC(C)[N+](C(=O)O)(C(=O)OC(C)(C)C)C3)cc(-c3nc(C4CC4)cs3)nc2c1C. The lowest BCUT2D eigenvalue weighted by Crippen LogP contribution is -2.60. The third kappa shape index (κ3) is 4.71. The molecule has 202 valence electrons. The van der Waals surface area contributed by atoms with Crippen molar-refractivity contribution < 1.29 is 33.4 Å². The summed E-state index contributed by atoms with van der Waals surface area (Å²) in [7, 11) is 1.62. The number of pyridine rings is 1. The van der Waals surface area contributed by atoms with Crippen LogP contribution < -0.4 is 9.47 Å². The predicted octanol–water partition coefficient (Wildman–Crippen LogP) is 6.52. The molecule has 38 heavy (non-hydrogen) atoms. The number of ether oxygens (including phenoxy) is 3. The van der Waals surface area contributed by atoms with Crippen LogP contribution in [0, 0.1) is 6.92 Å². The minimum absolute atomic E-state index is 0.0389. The van der Waals surface area contributed by atoms with Crippen molar-refractivity contribution in [1.82, 2.24) is 9.97 Å². The smallest absolute Gasteiger partial charge is 0.496 e. The van der Waals surface area contributed by atoms with E-state index in [1.165, 1.54) is 12.8 Å². The summed E-state index contributed by atoms with van der Waals surface area (Å²) in [6, 6.07) is 5.11. The molecule has 1 N–H and O–H groups in total. The van der Waals surface area contributed by atoms with Crippen LogP contribution in [0.25, 0.3) is 21.6 Å². The van der Waals surface area contributed by atoms with Gasteiger partial charge in [0.2, 0.25) is 0 Å². The van der Waals surface area contributed by atoms with Gasteiger partial charge in [-0.1, -0.05) is 0 Å². The van der Waals surface area contributed by atoms with Gasteiger partial charge in [0.1, 0.15) is 40.4 Å². The Hall–Kier alpha value is -3.24. The molecule has 5 rings (SSSR count). The summed E-state index contributed by atoms with van der Waals surface area (Å²) in [5.41, 5.74) is 2.59. The maximum atomic E-state index is 13.1. The molecule has 0 bridgehead atoms. The largest absolute Gasteiger partial charge is 0.527 e. The van der Waals surface area contributed by atoms with Crippen LogP contribution in [0.2, 0.25) is 0 Å². The molecule has 9 nitrogen and oxygen atoms in total. The number of fused-ring (bicyclic) bond motifs is 1. The fourth-order valence-corrected chi connectivity index (χ4v) is 5.98. The summed E-state index contributed by atoms with van der Waals surface area (Å²) in [6.45, 7) is 8.85. The molecule has 10 heteroatoms. The number of aromatic nitrogens is 2. The molecule has 0 spiro atoms. The molecule has 3 aromatic rings. The number of carboxylic acid groups (broad SMARTS) is 1. The highest BCUT2D eigenvalue weighted by Crippen LogP contribution is 2.43. The Bertz CT molecular complexity index is 1410. The van der Waals surface area contributed by atoms with E-state index in [4.69, 9.17) is 24.2 Å². The molecule has 2 aromatic heterocycles. The molecular formula is C28H34N3O6S+. The van der Waals surface area contributed by atoms with Gasteiger partial charge in [-0.05, 0) is 59.6 Å². The number of amides is 2. The normalized spacial score (nSPS) is 23.4. The number of nitrogens with zero attached hydrogens (tertiary/aromatic N) is 3. The Kier molecular flexibility index (Phi) is 6.59. The zero-order chi connectivity index (χ0) is 27.4. The van der Waals surface area contributed by atoms with Crippen LogP contribution in [0.4, 0.5) is 9.59 Å². The number of carbonyl (C=O) groups is 2. The molecule has 3 atom stereocenters. The van der Waals surface area contributed by atoms with Crippen molar-refractivity contribution in [2.24, 2.45) is 0 Å². The van der Waals surface area contributed by atoms with Gasteiger partial charge in [-0.15, -0.1) is 15.8 Å². The molecule has 1 aliphatic carbocycles. The van der Waals surface area contributed by atoms with Gasteiger partial charge in [-0.3, -0.25) is 0 Å². The molecule has 1 saturated carbocycles. The number of rotatable bonds is 5. The van der Waals surface area contributed by atoms with Crippen molar-refractivity contribution >= 4 is 34.4 Å². The van der Waals surface area contributed by atoms with Crippen LogP contribution in [0.3, 0.4) is 0 Å². The van der Waals surface area contributed by atoms with E-state index >= 15 is 0 Å². The van der Waals surface area contributed by atoms with E-state index in [1.807, 2.05) is 25.1 Å². The van der Waals surface area contributed by atoms with Gasteiger partial charge in [0.15, 0.2) is 6.10 Å². The van der Waals surface area contributed by atoms with Crippen LogP contribution in [0.5, 0.6) is 11.5 Å². The summed E-state index contributed by atoms with van der Waals surface area (Å²) in [5.74, 6) is 1.82. The summed E-state index contributed by atoms with van der Waals surface area (Å²) in [4.78, 5) is 35.4. The first-order valence-electron chi connectivity index (χ1n) is 12.9. The van der Waals surface area contributed by atoms with E-state index < -0.39 is 34.4 Å². The highest BCUT2D eigenvalue weighted by atomic mass is 32.1. The fraction of sp³-hybridized carbons (Fsp3) is 0.500. The van der Waals surface area contributed by atoms with E-state index in [1.54, 1.807) is 46.1 Å². The first-order valence-corrected chi connectivity index (χ1v) is 13.8. The maximum Gasteiger partial charge on any atom is 0.527 e. The third-order valence-corrected chi connectivity index (χ3v) is 8.19. The number of hydrogen-bond donors (Lipinski definition) is 1. The van der Waals surface area contributed by atoms with Crippen molar-refractivity contribution in [2.75, 3.05) is 13.7 Å². The van der Waals surface area contributed by atoms with Crippen LogP contribution in [0.1, 0.15) is 64.1 Å². The lowest BCUT2D eigenvalue weighted by molar-refractivity contribution is -0.797. The molecule has 2 fully saturated rings. The summed E-state index contributed by atoms with van der Waals surface area (Å²) < 4.78 is 16.8. The van der Waals surface area contributed by atoms with Gasteiger partial charge in [-0.25, -0.2) is 9.97 Å². The number of benzene rings is 1. The second kappa shape index (κ2) is 9.50. The fourth-order valence-electron chi connectivity index (χ4n) is 5.12. The minimum Gasteiger partial charge on any atom is -0.496 e. The number of aryl methyl sites for hydroxylation is 1. The molecule has 1 saturated heterocycles. The summed E-state index contributed by atoms with van der Waals surface area (Å²) in [6.07, 6.45) is 0.171. The van der Waals surface area contributed by atoms with E-state index in [9.17, 15) is 14.7 Å². The molecule has 0 radical (unpaired) electrons. The Morgan fingerprint density at radius 2 is 1.89 bits per heavy atom. The van der Waals surface area contributed by atoms with E-state index in [-0.39, 0.29) is 6.54 Å². The Labute approximate surface area is 226 Å². The quantitative estimate of drug-likeness (QED) is 0.364. The average molecular weight is 541 g/mol. The monoisotopic (exact) mass is 540 g/mol. The van der Waals surface area contributed by atoms with Crippen molar-refractivity contribution in [1.29, 1.82) is 0 Å². The Morgan fingerprint density at radius 3 is 2.53 bits per heavy atom. The molecule has 1 aliphatic heterocycles. The van der Waals surface area contributed by atoms with Crippen LogP contribution in [-0.2, 0) is 4.74 Å². The number of likely N-dealkylation sites (tertiary alicyclic amines) is 1. The van der Waals surface area contributed by atoms with E-state index in [0.29, 0.717) is 29.5 Å². The maximum absolute atomic E-state index is 13.1. The first-order chi connectivity index (χ1) is 17.9. The molecule has 1 aromatic carbocycles. The Balaban J connectivity index is 1.53. The van der Waals surface area contributed by atoms with Gasteiger partial charge in [-0.2, -0.15) is 9.59 Å². The van der Waals surface area contributed by atoms with Crippen molar-refractivity contribution in [2.45, 2.75) is 77.5 Å². The second-order valence-corrected chi connectivity index (χ2v) is 12.1. The molecule has 3 heterocycles. The lowest BCUT2D eigenvalue weighted by atomic mass is 10.1. The molecular weight excluding hydrogens is 506 g/mol. The van der Waals surface area contributed by atoms with Gasteiger partial charge < -0.3 is 19.3 Å². The Morgan fingerprint density at radius 1 is 1.16 bits per heavy atom. The zero-order valence-corrected chi connectivity index (χ0v) is 23.4. The van der Waals surface area contributed by atoms with Gasteiger partial charge in [0.25, 0.3) is 0 Å². The third-order valence-electron chi connectivity index (χ3n) is 7.31. The standard InChI is InChI=1S/C28H33N3O6S/c1-15-11-18(13-31(15,26(32)33)27(34)37-28(3,4)5)36-23-12-20(25-30-21(14-38-25)17-7-8-17)29-24-16(2)22(35-6)10-9-19(23)24/h9-10,12,14-15,17-18H,7-8,11,13H2,1-6H3/p+1/t15?,18-,31?/m1/s1. The van der Waals surface area contributed by atoms with E-state index in [2.05, 4.69) is 5.38 Å². The van der Waals surface area contributed by atoms with Crippen LogP contribution in [-0.4, -0.2) is 63.1 Å². The average Bonchev–Trinajstić information content (AvgIpc) is 3.46. The second-order valence-electron chi connectivity index (χ2n) is 11.3.